The van der Waals surface area contributed by atoms with Crippen LogP contribution in [0.5, 0.6) is 0 Å². The van der Waals surface area contributed by atoms with E-state index in [9.17, 15) is 0 Å². The minimum absolute atomic E-state index is 0.648. The second kappa shape index (κ2) is 8.00. The van der Waals surface area contributed by atoms with Gasteiger partial charge < -0.3 is 5.73 Å². The third kappa shape index (κ3) is 3.43. The maximum Gasteiger partial charge on any atom is -0.00488 e. The minimum Gasteiger partial charge on any atom is -0.330 e. The second-order valence-electron chi connectivity index (χ2n) is 11.7. The van der Waals surface area contributed by atoms with Gasteiger partial charge in [-0.1, -0.05) is 46.5 Å². The van der Waals surface area contributed by atoms with Gasteiger partial charge in [-0.15, -0.1) is 0 Å². The number of fused-ring (bicyclic) bond motifs is 5. The lowest BCUT2D eigenvalue weighted by Gasteiger charge is -2.61. The molecule has 2 N–H and O–H groups in total. The molecule has 4 fully saturated rings. The summed E-state index contributed by atoms with van der Waals surface area (Å²) in [6.07, 6.45) is 20.9. The first-order valence-corrected chi connectivity index (χ1v) is 12.7. The number of hydrogen-bond acceptors (Lipinski definition) is 1. The minimum atomic E-state index is 0.648. The summed E-state index contributed by atoms with van der Waals surface area (Å²) in [5, 5.41) is 0. The molecule has 0 spiro atoms. The summed E-state index contributed by atoms with van der Waals surface area (Å²) >= 11 is 0. The van der Waals surface area contributed by atoms with Crippen molar-refractivity contribution in [2.24, 2.45) is 52.1 Å². The smallest absolute Gasteiger partial charge is 0.00488 e. The molecule has 27 heavy (non-hydrogen) atoms. The van der Waals surface area contributed by atoms with E-state index in [1.807, 2.05) is 0 Å². The lowest BCUT2D eigenvalue weighted by Crippen LogP contribution is -2.53. The molecule has 0 radical (unpaired) electrons. The maximum atomic E-state index is 6.06. The fourth-order valence-electron chi connectivity index (χ4n) is 8.96. The Hall–Kier alpha value is -0.0400. The van der Waals surface area contributed by atoms with Gasteiger partial charge in [-0.05, 0) is 117 Å². The summed E-state index contributed by atoms with van der Waals surface area (Å²) in [6, 6.07) is 0. The first-order valence-electron chi connectivity index (χ1n) is 12.7. The van der Waals surface area contributed by atoms with E-state index in [0.29, 0.717) is 10.8 Å². The highest BCUT2D eigenvalue weighted by Crippen LogP contribution is 2.68. The first-order chi connectivity index (χ1) is 13.0. The Morgan fingerprint density at radius 1 is 0.815 bits per heavy atom. The summed E-state index contributed by atoms with van der Waals surface area (Å²) in [6.45, 7) is 8.71. The molecule has 0 amide bonds. The van der Waals surface area contributed by atoms with Crippen molar-refractivity contribution < 1.29 is 0 Å². The van der Waals surface area contributed by atoms with Gasteiger partial charge in [0.25, 0.3) is 0 Å². The zero-order chi connectivity index (χ0) is 19.1. The van der Waals surface area contributed by atoms with Gasteiger partial charge in [-0.3, -0.25) is 0 Å². The lowest BCUT2D eigenvalue weighted by atomic mass is 9.44. The van der Waals surface area contributed by atoms with Crippen molar-refractivity contribution in [3.05, 3.63) is 0 Å². The van der Waals surface area contributed by atoms with Crippen LogP contribution in [0.15, 0.2) is 0 Å². The summed E-state index contributed by atoms with van der Waals surface area (Å²) in [4.78, 5) is 0. The van der Waals surface area contributed by atoms with Gasteiger partial charge in [0, 0.05) is 0 Å². The van der Waals surface area contributed by atoms with Crippen molar-refractivity contribution in [3.63, 3.8) is 0 Å². The third-order valence-corrected chi connectivity index (χ3v) is 10.7. The van der Waals surface area contributed by atoms with Crippen LogP contribution in [-0.2, 0) is 0 Å². The van der Waals surface area contributed by atoms with E-state index >= 15 is 0 Å². The van der Waals surface area contributed by atoms with Gasteiger partial charge in [0.05, 0.1) is 0 Å². The number of nitrogens with two attached hydrogens (primary N) is 1. The average Bonchev–Trinajstić information content (AvgIpc) is 3.01. The van der Waals surface area contributed by atoms with Gasteiger partial charge in [0.2, 0.25) is 0 Å². The Morgan fingerprint density at radius 3 is 2.37 bits per heavy atom. The fourth-order valence-corrected chi connectivity index (χ4v) is 8.96. The lowest BCUT2D eigenvalue weighted by molar-refractivity contribution is -0.117. The highest BCUT2D eigenvalue weighted by atomic mass is 14.7. The Balaban J connectivity index is 1.44. The molecule has 4 aliphatic rings. The van der Waals surface area contributed by atoms with Gasteiger partial charge in [0.1, 0.15) is 0 Å². The van der Waals surface area contributed by atoms with Crippen molar-refractivity contribution in [1.29, 1.82) is 0 Å². The van der Waals surface area contributed by atoms with E-state index in [1.54, 1.807) is 32.1 Å². The van der Waals surface area contributed by atoms with E-state index < -0.39 is 0 Å². The Kier molecular flexibility index (Phi) is 6.00. The largest absolute Gasteiger partial charge is 0.330 e. The molecule has 0 bridgehead atoms. The van der Waals surface area contributed by atoms with Crippen LogP contribution in [0.3, 0.4) is 0 Å². The molecular formula is C26H47N. The van der Waals surface area contributed by atoms with Crippen LogP contribution >= 0.6 is 0 Å². The van der Waals surface area contributed by atoms with Crippen LogP contribution in [0.1, 0.15) is 111 Å². The third-order valence-electron chi connectivity index (χ3n) is 10.7. The number of hydrogen-bond donors (Lipinski definition) is 1. The highest BCUT2D eigenvalue weighted by molar-refractivity contribution is 5.09. The van der Waals surface area contributed by atoms with Crippen LogP contribution in [0.2, 0.25) is 0 Å². The highest BCUT2D eigenvalue weighted by Gasteiger charge is 2.59. The molecule has 3 unspecified atom stereocenters. The van der Waals surface area contributed by atoms with Crippen LogP contribution in [0.25, 0.3) is 0 Å². The molecule has 0 heterocycles. The number of rotatable bonds is 6. The van der Waals surface area contributed by atoms with Crippen molar-refractivity contribution in [2.45, 2.75) is 111 Å². The summed E-state index contributed by atoms with van der Waals surface area (Å²) in [5.74, 6) is 5.99. The predicted molar refractivity (Wildman–Crippen MR) is 117 cm³/mol. The fraction of sp³-hybridized carbons (Fsp3) is 1.00. The normalized spacial score (nSPS) is 49.3. The molecule has 0 aromatic rings. The van der Waals surface area contributed by atoms with E-state index in [0.717, 1.165) is 42.1 Å². The van der Waals surface area contributed by atoms with E-state index in [4.69, 9.17) is 5.73 Å². The average molecular weight is 374 g/mol. The monoisotopic (exact) mass is 373 g/mol. The van der Waals surface area contributed by atoms with Crippen molar-refractivity contribution >= 4 is 0 Å². The van der Waals surface area contributed by atoms with Crippen LogP contribution < -0.4 is 5.73 Å². The number of unbranched alkanes of at least 4 members (excludes halogenated alkanes) is 3. The van der Waals surface area contributed by atoms with E-state index in [-0.39, 0.29) is 0 Å². The molecule has 0 aromatic heterocycles. The summed E-state index contributed by atoms with van der Waals surface area (Å²) in [5.41, 5.74) is 7.40. The topological polar surface area (TPSA) is 26.0 Å². The quantitative estimate of drug-likeness (QED) is 0.490. The molecule has 4 rings (SSSR count). The van der Waals surface area contributed by atoms with Crippen molar-refractivity contribution in [2.75, 3.05) is 6.54 Å². The molecule has 0 aliphatic heterocycles. The van der Waals surface area contributed by atoms with Gasteiger partial charge in [-0.25, -0.2) is 0 Å². The second-order valence-corrected chi connectivity index (χ2v) is 11.7. The molecule has 156 valence electrons. The van der Waals surface area contributed by atoms with E-state index in [1.165, 1.54) is 57.8 Å². The predicted octanol–water partition coefficient (Wildman–Crippen LogP) is 7.19. The zero-order valence-corrected chi connectivity index (χ0v) is 18.6. The Morgan fingerprint density at radius 2 is 1.59 bits per heavy atom. The van der Waals surface area contributed by atoms with Crippen LogP contribution in [0.4, 0.5) is 0 Å². The molecule has 0 saturated heterocycles. The molecule has 1 nitrogen and oxygen atoms in total. The van der Waals surface area contributed by atoms with Gasteiger partial charge in [-0.2, -0.15) is 0 Å². The Bertz CT molecular complexity index is 500. The van der Waals surface area contributed by atoms with Crippen molar-refractivity contribution in [3.8, 4) is 0 Å². The summed E-state index contributed by atoms with van der Waals surface area (Å²) < 4.78 is 0. The molecule has 1 heteroatoms. The molecular weight excluding hydrogens is 326 g/mol. The maximum absolute atomic E-state index is 6.06. The van der Waals surface area contributed by atoms with Gasteiger partial charge >= 0.3 is 0 Å². The van der Waals surface area contributed by atoms with E-state index in [2.05, 4.69) is 20.8 Å². The van der Waals surface area contributed by atoms with Crippen LogP contribution in [0, 0.1) is 46.3 Å². The van der Waals surface area contributed by atoms with Gasteiger partial charge in [0.15, 0.2) is 0 Å². The zero-order valence-electron chi connectivity index (χ0n) is 18.6. The molecule has 4 saturated carbocycles. The SMILES string of the molecule is CCCCCCC1CC[C@H]2[C@@H]3CCC4CC(CN)CC[C@]4(C)[C@@H]3CC[C@]12C. The summed E-state index contributed by atoms with van der Waals surface area (Å²) in [7, 11) is 0. The molecule has 0 aromatic carbocycles. The molecule has 8 atom stereocenters. The Labute approximate surface area is 169 Å². The first kappa shape index (κ1) is 20.2. The van der Waals surface area contributed by atoms with Crippen LogP contribution in [-0.4, -0.2) is 6.54 Å². The standard InChI is InChI=1S/C26H47N/c1-4-5-6-7-8-20-10-12-23-22-11-9-21-17-19(18-27)13-15-26(21,3)24(22)14-16-25(20,23)2/h19-24H,4-18,27H2,1-3H3/t19?,20?,21?,22-,23-,24+,25+,26-/m0/s1. The van der Waals surface area contributed by atoms with Crippen molar-refractivity contribution in [1.82, 2.24) is 0 Å². The molecule has 4 aliphatic carbocycles.